The van der Waals surface area contributed by atoms with Gasteiger partial charge in [0.2, 0.25) is 0 Å². The zero-order chi connectivity index (χ0) is 30.3. The van der Waals surface area contributed by atoms with Crippen LogP contribution in [-0.4, -0.2) is 73.4 Å². The fourth-order valence-corrected chi connectivity index (χ4v) is 4.64. The molecule has 0 spiro atoms. The lowest BCUT2D eigenvalue weighted by atomic mass is 10.0. The summed E-state index contributed by atoms with van der Waals surface area (Å²) in [6.07, 6.45) is 4.13. The van der Waals surface area contributed by atoms with E-state index < -0.39 is 11.5 Å². The molecule has 0 bridgehead atoms. The number of aromatic nitrogens is 2. The Kier molecular flexibility index (Phi) is 12.7. The Hall–Kier alpha value is -4.09. The van der Waals surface area contributed by atoms with Crippen molar-refractivity contribution in [3.63, 3.8) is 0 Å². The first-order valence-corrected chi connectivity index (χ1v) is 14.5. The van der Waals surface area contributed by atoms with Crippen LogP contribution in [0.4, 0.5) is 0 Å². The van der Waals surface area contributed by atoms with E-state index >= 15 is 0 Å². The van der Waals surface area contributed by atoms with Crippen LogP contribution < -0.4 is 10.9 Å². The number of carbonyl (C=O) groups excluding carboxylic acids is 1. The predicted molar refractivity (Wildman–Crippen MR) is 163 cm³/mol. The second-order valence-electron chi connectivity index (χ2n) is 9.77. The van der Waals surface area contributed by atoms with Crippen molar-refractivity contribution in [2.45, 2.75) is 26.5 Å². The SMILES string of the molecule is CCc1cccc2c1c(O)c(C(=O)NCCOCCOCCOCCOCc1cccnc1)c(=O)n2Cc1ccccc1. The molecular formula is C33H39N3O7. The van der Waals surface area contributed by atoms with Gasteiger partial charge in [-0.25, -0.2) is 0 Å². The normalized spacial score (nSPS) is 11.2. The first kappa shape index (κ1) is 31.8. The minimum atomic E-state index is -0.640. The molecule has 0 aliphatic rings. The van der Waals surface area contributed by atoms with Gasteiger partial charge in [0, 0.05) is 24.3 Å². The Labute approximate surface area is 251 Å². The Balaban J connectivity index is 1.19. The molecule has 0 unspecified atom stereocenters. The summed E-state index contributed by atoms with van der Waals surface area (Å²) < 4.78 is 23.6. The van der Waals surface area contributed by atoms with Crippen molar-refractivity contribution in [2.75, 3.05) is 52.8 Å². The molecule has 2 N–H and O–H groups in total. The minimum Gasteiger partial charge on any atom is -0.506 e. The number of pyridine rings is 2. The Morgan fingerprint density at radius 2 is 1.51 bits per heavy atom. The molecule has 0 saturated heterocycles. The molecule has 228 valence electrons. The van der Waals surface area contributed by atoms with E-state index in [9.17, 15) is 14.7 Å². The van der Waals surface area contributed by atoms with Gasteiger partial charge in [-0.3, -0.25) is 14.6 Å². The smallest absolute Gasteiger partial charge is 0.268 e. The standard InChI is InChI=1S/C33H39N3O7/c1-2-27-11-6-12-28-29(27)31(37)30(33(39)36(28)23-25-8-4-3-5-9-25)32(38)35-14-15-40-16-17-41-18-19-42-20-21-43-24-26-10-7-13-34-22-26/h3-13,22,37H,2,14-21,23-24H2,1H3,(H,35,38). The Morgan fingerprint density at radius 1 is 0.837 bits per heavy atom. The van der Waals surface area contributed by atoms with Gasteiger partial charge in [-0.15, -0.1) is 0 Å². The number of nitrogens with zero attached hydrogens (tertiary/aromatic N) is 2. The van der Waals surface area contributed by atoms with Gasteiger partial charge in [0.05, 0.1) is 64.9 Å². The van der Waals surface area contributed by atoms with E-state index in [2.05, 4.69) is 10.3 Å². The molecular weight excluding hydrogens is 550 g/mol. The van der Waals surface area contributed by atoms with Gasteiger partial charge in [0.15, 0.2) is 0 Å². The van der Waals surface area contributed by atoms with Gasteiger partial charge in [0.25, 0.3) is 11.5 Å². The first-order chi connectivity index (χ1) is 21.1. The molecule has 4 aromatic rings. The highest BCUT2D eigenvalue weighted by atomic mass is 16.6. The summed E-state index contributed by atoms with van der Waals surface area (Å²) in [6.45, 7) is 5.71. The Morgan fingerprint density at radius 3 is 2.19 bits per heavy atom. The summed E-state index contributed by atoms with van der Waals surface area (Å²) >= 11 is 0. The number of amides is 1. The molecule has 43 heavy (non-hydrogen) atoms. The van der Waals surface area contributed by atoms with Crippen molar-refractivity contribution < 1.29 is 28.8 Å². The van der Waals surface area contributed by atoms with Crippen LogP contribution in [0.1, 0.15) is 34.0 Å². The maximum absolute atomic E-state index is 13.5. The third kappa shape index (κ3) is 9.20. The number of nitrogens with one attached hydrogen (secondary N) is 1. The van der Waals surface area contributed by atoms with Crippen LogP contribution in [0.25, 0.3) is 10.9 Å². The molecule has 4 rings (SSSR count). The van der Waals surface area contributed by atoms with Crippen molar-refractivity contribution in [1.29, 1.82) is 0 Å². The molecule has 2 aromatic heterocycles. The summed E-state index contributed by atoms with van der Waals surface area (Å²) in [5.74, 6) is -0.936. The van der Waals surface area contributed by atoms with Crippen LogP contribution in [-0.2, 0) is 38.5 Å². The topological polar surface area (TPSA) is 121 Å². The van der Waals surface area contributed by atoms with Crippen LogP contribution in [0.2, 0.25) is 0 Å². The highest BCUT2D eigenvalue weighted by Crippen LogP contribution is 2.30. The third-order valence-electron chi connectivity index (χ3n) is 6.78. The highest BCUT2D eigenvalue weighted by Gasteiger charge is 2.23. The molecule has 0 atom stereocenters. The lowest BCUT2D eigenvalue weighted by Gasteiger charge is -2.17. The number of ether oxygens (including phenoxy) is 4. The number of rotatable bonds is 18. The van der Waals surface area contributed by atoms with Gasteiger partial charge in [-0.05, 0) is 35.2 Å². The molecule has 0 fully saturated rings. The lowest BCUT2D eigenvalue weighted by molar-refractivity contribution is -0.00374. The van der Waals surface area contributed by atoms with Crippen LogP contribution in [0.5, 0.6) is 5.75 Å². The van der Waals surface area contributed by atoms with Crippen LogP contribution in [0, 0.1) is 0 Å². The summed E-state index contributed by atoms with van der Waals surface area (Å²) in [4.78, 5) is 30.7. The van der Waals surface area contributed by atoms with Gasteiger partial charge in [-0.1, -0.05) is 55.5 Å². The van der Waals surface area contributed by atoms with Crippen LogP contribution in [0.15, 0.2) is 77.9 Å². The van der Waals surface area contributed by atoms with Crippen LogP contribution in [0.3, 0.4) is 0 Å². The summed E-state index contributed by atoms with van der Waals surface area (Å²) in [7, 11) is 0. The molecule has 0 aliphatic carbocycles. The number of carbonyl (C=O) groups is 1. The number of fused-ring (bicyclic) bond motifs is 1. The maximum atomic E-state index is 13.5. The number of aromatic hydroxyl groups is 1. The van der Waals surface area contributed by atoms with E-state index in [1.165, 1.54) is 0 Å². The third-order valence-corrected chi connectivity index (χ3v) is 6.78. The van der Waals surface area contributed by atoms with Crippen molar-refractivity contribution in [1.82, 2.24) is 14.9 Å². The summed E-state index contributed by atoms with van der Waals surface area (Å²) in [5, 5.41) is 14.3. The van der Waals surface area contributed by atoms with E-state index in [1.54, 1.807) is 23.0 Å². The molecule has 2 heterocycles. The van der Waals surface area contributed by atoms with Crippen LogP contribution >= 0.6 is 0 Å². The van der Waals surface area contributed by atoms with Crippen molar-refractivity contribution in [3.8, 4) is 5.75 Å². The van der Waals surface area contributed by atoms with Gasteiger partial charge in [-0.2, -0.15) is 0 Å². The minimum absolute atomic E-state index is 0.173. The van der Waals surface area contributed by atoms with Gasteiger partial charge < -0.3 is 33.9 Å². The molecule has 1 amide bonds. The monoisotopic (exact) mass is 589 g/mol. The zero-order valence-corrected chi connectivity index (χ0v) is 24.5. The van der Waals surface area contributed by atoms with Gasteiger partial charge in [0.1, 0.15) is 11.3 Å². The first-order valence-electron chi connectivity index (χ1n) is 14.5. The summed E-state index contributed by atoms with van der Waals surface area (Å²) in [5.41, 5.74) is 2.56. The fourth-order valence-electron chi connectivity index (χ4n) is 4.64. The molecule has 0 saturated carbocycles. The largest absolute Gasteiger partial charge is 0.506 e. The molecule has 10 heteroatoms. The molecule has 2 aromatic carbocycles. The quantitative estimate of drug-likeness (QED) is 0.169. The van der Waals surface area contributed by atoms with Crippen molar-refractivity contribution in [3.05, 3.63) is 106 Å². The lowest BCUT2D eigenvalue weighted by Crippen LogP contribution is -2.35. The Bertz CT molecular complexity index is 1490. The predicted octanol–water partition coefficient (Wildman–Crippen LogP) is 3.71. The number of hydrogen-bond acceptors (Lipinski definition) is 8. The average Bonchev–Trinajstić information content (AvgIpc) is 3.03. The number of benzene rings is 2. The van der Waals surface area contributed by atoms with E-state index in [-0.39, 0.29) is 31.0 Å². The molecule has 0 aliphatic heterocycles. The highest BCUT2D eigenvalue weighted by molar-refractivity contribution is 6.03. The molecule has 10 nitrogen and oxygen atoms in total. The number of hydrogen-bond donors (Lipinski definition) is 2. The van der Waals surface area contributed by atoms with Gasteiger partial charge >= 0.3 is 0 Å². The zero-order valence-electron chi connectivity index (χ0n) is 24.5. The van der Waals surface area contributed by atoms with E-state index in [0.717, 1.165) is 16.7 Å². The van der Waals surface area contributed by atoms with E-state index in [4.69, 9.17) is 18.9 Å². The maximum Gasteiger partial charge on any atom is 0.268 e. The summed E-state index contributed by atoms with van der Waals surface area (Å²) in [6, 6.07) is 18.9. The average molecular weight is 590 g/mol. The van der Waals surface area contributed by atoms with Crippen molar-refractivity contribution in [2.24, 2.45) is 0 Å². The number of aryl methyl sites for hydroxylation is 1. The van der Waals surface area contributed by atoms with E-state index in [1.807, 2.05) is 61.5 Å². The second-order valence-corrected chi connectivity index (χ2v) is 9.77. The van der Waals surface area contributed by atoms with Crippen molar-refractivity contribution >= 4 is 16.8 Å². The fraction of sp³-hybridized carbons (Fsp3) is 0.364. The van der Waals surface area contributed by atoms with E-state index in [0.29, 0.717) is 63.6 Å². The molecule has 0 radical (unpaired) electrons. The second kappa shape index (κ2) is 17.1.